The lowest BCUT2D eigenvalue weighted by Gasteiger charge is -2.25. The molecule has 41 heavy (non-hydrogen) atoms. The summed E-state index contributed by atoms with van der Waals surface area (Å²) in [5, 5.41) is 8.83. The Balaban J connectivity index is 1.49. The largest absolute Gasteiger partial charge is 0.458 e. The Hall–Kier alpha value is -5.57. The van der Waals surface area contributed by atoms with Gasteiger partial charge >= 0.3 is 17.9 Å². The molecular weight excluding hydrogens is 522 g/mol. The fraction of sp³-hybridized carbons (Fsp3) is 0.0938. The van der Waals surface area contributed by atoms with E-state index in [4.69, 9.17) is 14.2 Å². The van der Waals surface area contributed by atoms with Crippen molar-refractivity contribution in [3.63, 3.8) is 0 Å². The molecule has 0 aliphatic rings. The van der Waals surface area contributed by atoms with E-state index in [0.717, 1.165) is 0 Å². The number of carbonyl (C=O) groups is 3. The van der Waals surface area contributed by atoms with Gasteiger partial charge in [-0.15, -0.1) is 5.10 Å². The van der Waals surface area contributed by atoms with Crippen LogP contribution in [0.4, 0.5) is 0 Å². The van der Waals surface area contributed by atoms with E-state index < -0.39 is 36.7 Å². The molecule has 1 heterocycles. The number of nitrogens with zero attached hydrogens (tertiary/aromatic N) is 3. The average molecular weight is 548 g/mol. The van der Waals surface area contributed by atoms with E-state index in [1.54, 1.807) is 91.0 Å². The molecule has 9 heteroatoms. The Morgan fingerprint density at radius 1 is 0.610 bits per heavy atom. The SMILES string of the molecule is O=C(OC[C@@H](OC(=O)c1ccccc1)[C@H](OC(=O)c1ccccc1)c1cnn(-c2ccccc2)n1)c1ccccc1. The minimum absolute atomic E-state index is 0.194. The van der Waals surface area contributed by atoms with Gasteiger partial charge in [-0.1, -0.05) is 72.8 Å². The van der Waals surface area contributed by atoms with E-state index in [0.29, 0.717) is 11.3 Å². The van der Waals surface area contributed by atoms with E-state index in [2.05, 4.69) is 10.2 Å². The highest BCUT2D eigenvalue weighted by Crippen LogP contribution is 2.26. The van der Waals surface area contributed by atoms with Crippen LogP contribution in [0.1, 0.15) is 42.9 Å². The first-order valence-corrected chi connectivity index (χ1v) is 12.8. The predicted molar refractivity (Wildman–Crippen MR) is 148 cm³/mol. The van der Waals surface area contributed by atoms with Gasteiger partial charge < -0.3 is 14.2 Å². The smallest absolute Gasteiger partial charge is 0.338 e. The van der Waals surface area contributed by atoms with Crippen LogP contribution in [0.3, 0.4) is 0 Å². The molecule has 0 fully saturated rings. The Morgan fingerprint density at radius 3 is 1.61 bits per heavy atom. The van der Waals surface area contributed by atoms with Gasteiger partial charge in [0, 0.05) is 0 Å². The lowest BCUT2D eigenvalue weighted by Crippen LogP contribution is -2.34. The molecule has 2 atom stereocenters. The summed E-state index contributed by atoms with van der Waals surface area (Å²) in [5.41, 5.74) is 1.73. The standard InChI is InChI=1S/C32H25N3O6/c36-30(23-13-5-1-6-14-23)39-22-28(40-31(37)24-15-7-2-8-16-24)29(41-32(38)25-17-9-3-10-18-25)27-21-33-35(34-27)26-19-11-4-12-20-26/h1-21,28-29H,22H2/t28-,29-/m1/s1. The van der Waals surface area contributed by atoms with Crippen molar-refractivity contribution in [2.24, 2.45) is 0 Å². The second-order valence-electron chi connectivity index (χ2n) is 8.86. The molecule has 0 N–H and O–H groups in total. The first-order chi connectivity index (χ1) is 20.1. The van der Waals surface area contributed by atoms with Crippen LogP contribution in [-0.2, 0) is 14.2 Å². The minimum Gasteiger partial charge on any atom is -0.458 e. The van der Waals surface area contributed by atoms with Gasteiger partial charge in [-0.25, -0.2) is 14.4 Å². The van der Waals surface area contributed by atoms with Crippen LogP contribution >= 0.6 is 0 Å². The van der Waals surface area contributed by atoms with Gasteiger partial charge in [0.2, 0.25) is 0 Å². The molecule has 0 saturated heterocycles. The summed E-state index contributed by atoms with van der Waals surface area (Å²) < 4.78 is 17.3. The summed E-state index contributed by atoms with van der Waals surface area (Å²) in [6.45, 7) is -0.419. The van der Waals surface area contributed by atoms with E-state index in [-0.39, 0.29) is 16.8 Å². The average Bonchev–Trinajstić information content (AvgIpc) is 3.53. The van der Waals surface area contributed by atoms with Gasteiger partial charge in [-0.2, -0.15) is 9.90 Å². The predicted octanol–water partition coefficient (Wildman–Crippen LogP) is 5.25. The minimum atomic E-state index is -1.27. The summed E-state index contributed by atoms with van der Waals surface area (Å²) >= 11 is 0. The van der Waals surface area contributed by atoms with Crippen LogP contribution in [0.25, 0.3) is 5.69 Å². The molecule has 0 aliphatic heterocycles. The molecular formula is C32H25N3O6. The third kappa shape index (κ3) is 6.90. The fourth-order valence-electron chi connectivity index (χ4n) is 3.95. The number of para-hydroxylation sites is 1. The van der Waals surface area contributed by atoms with Gasteiger partial charge in [0.1, 0.15) is 12.3 Å². The molecule has 5 rings (SSSR count). The molecule has 0 amide bonds. The van der Waals surface area contributed by atoms with Crippen LogP contribution in [0.2, 0.25) is 0 Å². The zero-order valence-corrected chi connectivity index (χ0v) is 21.8. The summed E-state index contributed by atoms with van der Waals surface area (Å²) in [7, 11) is 0. The lowest BCUT2D eigenvalue weighted by atomic mass is 10.1. The molecule has 0 unspecified atom stereocenters. The van der Waals surface area contributed by atoms with Crippen molar-refractivity contribution < 1.29 is 28.6 Å². The highest BCUT2D eigenvalue weighted by molar-refractivity contribution is 5.91. The number of hydrogen-bond acceptors (Lipinski definition) is 8. The Bertz CT molecular complexity index is 1590. The summed E-state index contributed by atoms with van der Waals surface area (Å²) in [6, 6.07) is 34.2. The van der Waals surface area contributed by atoms with Crippen molar-refractivity contribution in [3.8, 4) is 5.69 Å². The molecule has 9 nitrogen and oxygen atoms in total. The molecule has 0 bridgehead atoms. The Morgan fingerprint density at radius 2 is 1.07 bits per heavy atom. The van der Waals surface area contributed by atoms with Crippen molar-refractivity contribution in [1.29, 1.82) is 0 Å². The van der Waals surface area contributed by atoms with Crippen molar-refractivity contribution in [1.82, 2.24) is 15.0 Å². The third-order valence-electron chi connectivity index (χ3n) is 6.03. The topological polar surface area (TPSA) is 110 Å². The van der Waals surface area contributed by atoms with E-state index in [9.17, 15) is 14.4 Å². The fourth-order valence-corrected chi connectivity index (χ4v) is 3.95. The maximum atomic E-state index is 13.2. The number of ether oxygens (including phenoxy) is 3. The summed E-state index contributed by atoms with van der Waals surface area (Å²) in [6.07, 6.45) is -1.11. The zero-order valence-electron chi connectivity index (χ0n) is 21.8. The normalized spacial score (nSPS) is 12.1. The van der Waals surface area contributed by atoms with Crippen molar-refractivity contribution in [2.45, 2.75) is 12.2 Å². The maximum Gasteiger partial charge on any atom is 0.338 e. The molecule has 0 aliphatic carbocycles. The van der Waals surface area contributed by atoms with E-state index in [1.165, 1.54) is 11.0 Å². The zero-order chi connectivity index (χ0) is 28.4. The third-order valence-corrected chi connectivity index (χ3v) is 6.03. The number of benzene rings is 4. The van der Waals surface area contributed by atoms with Crippen molar-refractivity contribution in [2.75, 3.05) is 6.61 Å². The van der Waals surface area contributed by atoms with Crippen molar-refractivity contribution in [3.05, 3.63) is 150 Å². The molecule has 204 valence electrons. The second kappa shape index (κ2) is 13.0. The van der Waals surface area contributed by atoms with E-state index >= 15 is 0 Å². The van der Waals surface area contributed by atoms with Crippen LogP contribution in [0, 0.1) is 0 Å². The first kappa shape index (κ1) is 27.0. The highest BCUT2D eigenvalue weighted by Gasteiger charge is 2.35. The number of rotatable bonds is 10. The van der Waals surface area contributed by atoms with Gasteiger partial charge in [0.15, 0.2) is 12.2 Å². The lowest BCUT2D eigenvalue weighted by molar-refractivity contribution is -0.0605. The number of aromatic nitrogens is 3. The Labute approximate surface area is 235 Å². The highest BCUT2D eigenvalue weighted by atomic mass is 16.6. The number of hydrogen-bond donors (Lipinski definition) is 0. The van der Waals surface area contributed by atoms with Gasteiger partial charge in [0.05, 0.1) is 28.6 Å². The van der Waals surface area contributed by atoms with Crippen LogP contribution in [0.5, 0.6) is 0 Å². The quantitative estimate of drug-likeness (QED) is 0.172. The number of esters is 3. The second-order valence-corrected chi connectivity index (χ2v) is 8.86. The molecule has 0 saturated carbocycles. The molecule has 0 radical (unpaired) electrons. The van der Waals surface area contributed by atoms with E-state index in [1.807, 2.05) is 30.3 Å². The number of carbonyl (C=O) groups excluding carboxylic acids is 3. The maximum absolute atomic E-state index is 13.2. The molecule has 1 aromatic heterocycles. The van der Waals surface area contributed by atoms with Crippen LogP contribution in [-0.4, -0.2) is 45.6 Å². The van der Waals surface area contributed by atoms with Crippen LogP contribution in [0.15, 0.2) is 128 Å². The van der Waals surface area contributed by atoms with Crippen molar-refractivity contribution >= 4 is 17.9 Å². The Kier molecular flexibility index (Phi) is 8.56. The molecule has 5 aromatic rings. The first-order valence-electron chi connectivity index (χ1n) is 12.8. The van der Waals surface area contributed by atoms with Gasteiger partial charge in [-0.05, 0) is 48.5 Å². The van der Waals surface area contributed by atoms with Gasteiger partial charge in [0.25, 0.3) is 0 Å². The summed E-state index contributed by atoms with van der Waals surface area (Å²) in [4.78, 5) is 40.5. The van der Waals surface area contributed by atoms with Crippen LogP contribution < -0.4 is 0 Å². The summed E-state index contributed by atoms with van der Waals surface area (Å²) in [5.74, 6) is -2.00. The van der Waals surface area contributed by atoms with Gasteiger partial charge in [-0.3, -0.25) is 0 Å². The monoisotopic (exact) mass is 547 g/mol. The molecule has 0 spiro atoms. The molecule has 4 aromatic carbocycles.